The Kier molecular flexibility index (Phi) is 7.32. The van der Waals surface area contributed by atoms with Gasteiger partial charge in [-0.05, 0) is 19.6 Å². The van der Waals surface area contributed by atoms with Crippen LogP contribution in [0.1, 0.15) is 24.2 Å². The van der Waals surface area contributed by atoms with Crippen molar-refractivity contribution in [2.24, 2.45) is 0 Å². The first kappa shape index (κ1) is 18.2. The third kappa shape index (κ3) is 5.40. The average molecular weight is 301 g/mol. The fourth-order valence-electron chi connectivity index (χ4n) is 1.29. The van der Waals surface area contributed by atoms with Gasteiger partial charge in [0.25, 0.3) is 11.4 Å². The summed E-state index contributed by atoms with van der Waals surface area (Å²) < 4.78 is 0. The molecule has 0 heterocycles. The molecule has 0 aromatic heterocycles. The van der Waals surface area contributed by atoms with Crippen molar-refractivity contribution in [1.29, 1.82) is 0 Å². The second-order valence-electron chi connectivity index (χ2n) is 3.77. The van der Waals surface area contributed by atoms with E-state index < -0.39 is 38.5 Å². The zero-order valence-electron chi connectivity index (χ0n) is 11.4. The number of aromatic carboxylic acids is 1. The lowest BCUT2D eigenvalue weighted by atomic mass is 10.1. The van der Waals surface area contributed by atoms with Crippen molar-refractivity contribution in [1.82, 2.24) is 0 Å². The van der Waals surface area contributed by atoms with Gasteiger partial charge in [-0.15, -0.1) is 0 Å². The van der Waals surface area contributed by atoms with Gasteiger partial charge in [-0.1, -0.05) is 0 Å². The van der Waals surface area contributed by atoms with E-state index in [0.717, 1.165) is 0 Å². The molecule has 116 valence electrons. The van der Waals surface area contributed by atoms with E-state index in [1.54, 1.807) is 0 Å². The molecule has 0 spiro atoms. The van der Waals surface area contributed by atoms with Gasteiger partial charge < -0.3 is 15.5 Å². The zero-order chi connectivity index (χ0) is 16.6. The number of carboxylic acids is 1. The Bertz CT molecular complexity index is 508. The molecule has 1 aromatic rings. The van der Waals surface area contributed by atoms with Crippen LogP contribution < -0.4 is 10.4 Å². The minimum absolute atomic E-state index is 0.425. The second-order valence-corrected chi connectivity index (χ2v) is 3.77. The van der Waals surface area contributed by atoms with Crippen LogP contribution in [0, 0.1) is 20.2 Å². The van der Waals surface area contributed by atoms with E-state index in [4.69, 9.17) is 5.11 Å². The number of hydrogen-bond donors (Lipinski definition) is 2. The molecular formula is C11H15N3O7. The highest BCUT2D eigenvalue weighted by Gasteiger charge is 2.21. The standard InChI is InChI=1S/C7H4N2O7.C4H11N/c10-6-4(7(11)12)1-3(8(13)14)2-5(6)9(15)16;1-3-5-4-2/h1-2,10H,(H,11,12);5H,3-4H2,1-2H3. The number of rotatable bonds is 5. The predicted molar refractivity (Wildman–Crippen MR) is 69.2 cm³/mol. The SMILES string of the molecule is CC[NH2+]CC.O=C(O)c1cc([N+](=O)[O-])cc([N+](=O)[O-])c1[O-]. The maximum Gasteiger partial charge on any atom is 0.335 e. The third-order valence-corrected chi connectivity index (χ3v) is 2.27. The topological polar surface area (TPSA) is 163 Å². The number of carboxylic acid groups (broad SMARTS) is 1. The molecule has 0 aliphatic heterocycles. The molecule has 0 saturated carbocycles. The number of nitro groups is 2. The molecule has 0 atom stereocenters. The van der Waals surface area contributed by atoms with Crippen LogP contribution in [0.25, 0.3) is 0 Å². The fourth-order valence-corrected chi connectivity index (χ4v) is 1.29. The van der Waals surface area contributed by atoms with E-state index >= 15 is 0 Å². The van der Waals surface area contributed by atoms with Crippen molar-refractivity contribution < 1.29 is 30.2 Å². The number of nitrogens with two attached hydrogens (primary N) is 1. The van der Waals surface area contributed by atoms with E-state index in [2.05, 4.69) is 19.2 Å². The Balaban J connectivity index is 0.000000690. The molecule has 10 nitrogen and oxygen atoms in total. The summed E-state index contributed by atoms with van der Waals surface area (Å²) in [5, 5.41) is 42.7. The van der Waals surface area contributed by atoms with Crippen molar-refractivity contribution in [3.05, 3.63) is 37.9 Å². The largest absolute Gasteiger partial charge is 0.867 e. The quantitative estimate of drug-likeness (QED) is 0.564. The smallest absolute Gasteiger partial charge is 0.335 e. The molecule has 1 aromatic carbocycles. The van der Waals surface area contributed by atoms with Crippen LogP contribution in [0.15, 0.2) is 12.1 Å². The van der Waals surface area contributed by atoms with Crippen LogP contribution in [0.3, 0.4) is 0 Å². The lowest BCUT2D eigenvalue weighted by molar-refractivity contribution is -0.648. The second kappa shape index (κ2) is 8.43. The molecule has 0 unspecified atom stereocenters. The maximum atomic E-state index is 11.2. The highest BCUT2D eigenvalue weighted by Crippen LogP contribution is 2.31. The van der Waals surface area contributed by atoms with Gasteiger partial charge in [-0.3, -0.25) is 20.2 Å². The van der Waals surface area contributed by atoms with Crippen LogP contribution in [0.2, 0.25) is 0 Å². The zero-order valence-corrected chi connectivity index (χ0v) is 11.4. The number of quaternary nitrogens is 1. The Labute approximate surface area is 119 Å². The molecule has 0 aliphatic rings. The molecule has 0 fully saturated rings. The highest BCUT2D eigenvalue weighted by molar-refractivity contribution is 5.93. The van der Waals surface area contributed by atoms with Crippen LogP contribution in [0.4, 0.5) is 11.4 Å². The summed E-state index contributed by atoms with van der Waals surface area (Å²) in [5.74, 6) is -3.11. The molecule has 3 N–H and O–H groups in total. The normalized spacial score (nSPS) is 9.43. The van der Waals surface area contributed by atoms with Gasteiger partial charge in [-0.2, -0.15) is 0 Å². The fraction of sp³-hybridized carbons (Fsp3) is 0.364. The minimum atomic E-state index is -1.75. The monoisotopic (exact) mass is 301 g/mol. The summed E-state index contributed by atoms with van der Waals surface area (Å²) in [6.45, 7) is 6.75. The van der Waals surface area contributed by atoms with Gasteiger partial charge >= 0.3 is 5.97 Å². The molecule has 21 heavy (non-hydrogen) atoms. The Morgan fingerprint density at radius 2 is 1.71 bits per heavy atom. The van der Waals surface area contributed by atoms with Gasteiger partial charge in [0, 0.05) is 6.07 Å². The van der Waals surface area contributed by atoms with Crippen molar-refractivity contribution in [2.45, 2.75) is 13.8 Å². The van der Waals surface area contributed by atoms with Gasteiger partial charge in [0.15, 0.2) is 0 Å². The summed E-state index contributed by atoms with van der Waals surface area (Å²) >= 11 is 0. The van der Waals surface area contributed by atoms with E-state index in [-0.39, 0.29) is 0 Å². The third-order valence-electron chi connectivity index (χ3n) is 2.27. The molecule has 10 heteroatoms. The molecule has 0 amide bonds. The summed E-state index contributed by atoms with van der Waals surface area (Å²) in [6.07, 6.45) is 0. The minimum Gasteiger partial charge on any atom is -0.867 e. The van der Waals surface area contributed by atoms with Gasteiger partial charge in [-0.25, -0.2) is 4.79 Å². The number of hydrogen-bond acceptors (Lipinski definition) is 6. The first-order valence-corrected chi connectivity index (χ1v) is 5.94. The summed E-state index contributed by atoms with van der Waals surface area (Å²) in [6, 6.07) is 0.909. The lowest BCUT2D eigenvalue weighted by Gasteiger charge is -2.09. The van der Waals surface area contributed by atoms with Gasteiger partial charge in [0.2, 0.25) is 0 Å². The maximum absolute atomic E-state index is 11.2. The van der Waals surface area contributed by atoms with E-state index in [1.165, 1.54) is 13.1 Å². The van der Waals surface area contributed by atoms with E-state index in [9.17, 15) is 30.1 Å². The van der Waals surface area contributed by atoms with E-state index in [0.29, 0.717) is 12.1 Å². The Hall–Kier alpha value is -2.75. The van der Waals surface area contributed by atoms with Crippen molar-refractivity contribution in [3.8, 4) is 5.75 Å². The number of nitro benzene ring substituents is 2. The van der Waals surface area contributed by atoms with Gasteiger partial charge in [0.1, 0.15) is 0 Å². The molecule has 0 saturated heterocycles. The van der Waals surface area contributed by atoms with Crippen LogP contribution in [-0.4, -0.2) is 34.0 Å². The Morgan fingerprint density at radius 3 is 2.00 bits per heavy atom. The average Bonchev–Trinajstić information content (AvgIpc) is 2.39. The number of nitrogens with zero attached hydrogens (tertiary/aromatic N) is 2. The van der Waals surface area contributed by atoms with Crippen LogP contribution in [0.5, 0.6) is 5.75 Å². The first-order valence-electron chi connectivity index (χ1n) is 5.94. The number of benzene rings is 1. The van der Waals surface area contributed by atoms with Crippen molar-refractivity contribution >= 4 is 17.3 Å². The molecule has 0 bridgehead atoms. The highest BCUT2D eigenvalue weighted by atomic mass is 16.6. The van der Waals surface area contributed by atoms with Crippen molar-refractivity contribution in [3.63, 3.8) is 0 Å². The van der Waals surface area contributed by atoms with Crippen LogP contribution in [-0.2, 0) is 0 Å². The molecule has 1 rings (SSSR count). The summed E-state index contributed by atoms with van der Waals surface area (Å²) in [4.78, 5) is 29.1. The number of carbonyl (C=O) groups is 1. The van der Waals surface area contributed by atoms with E-state index in [1.807, 2.05) is 0 Å². The summed E-state index contributed by atoms with van der Waals surface area (Å²) in [7, 11) is 0. The molecule has 0 aliphatic carbocycles. The Morgan fingerprint density at radius 1 is 1.19 bits per heavy atom. The lowest BCUT2D eigenvalue weighted by Crippen LogP contribution is -2.82. The number of non-ortho nitro benzene ring substituents is 1. The van der Waals surface area contributed by atoms with Crippen molar-refractivity contribution in [2.75, 3.05) is 13.1 Å². The molecular weight excluding hydrogens is 286 g/mol. The molecule has 0 radical (unpaired) electrons. The van der Waals surface area contributed by atoms with Gasteiger partial charge in [0.05, 0.1) is 34.6 Å². The predicted octanol–water partition coefficient (Wildman–Crippen LogP) is -0.136. The van der Waals surface area contributed by atoms with Crippen LogP contribution >= 0.6 is 0 Å². The first-order chi connectivity index (χ1) is 9.76. The summed E-state index contributed by atoms with van der Waals surface area (Å²) in [5.41, 5.74) is -2.95.